The van der Waals surface area contributed by atoms with E-state index in [2.05, 4.69) is 230 Å². The van der Waals surface area contributed by atoms with Crippen molar-refractivity contribution in [2.75, 3.05) is 9.80 Å². The van der Waals surface area contributed by atoms with Gasteiger partial charge < -0.3 is 14.2 Å². The van der Waals surface area contributed by atoms with Gasteiger partial charge in [-0.05, 0) is 126 Å². The molecule has 0 unspecified atom stereocenters. The predicted molar refractivity (Wildman–Crippen MR) is 249 cm³/mol. The molecule has 1 spiro atoms. The Morgan fingerprint density at radius 2 is 0.883 bits per heavy atom. The van der Waals surface area contributed by atoms with E-state index in [-0.39, 0.29) is 0 Å². The van der Waals surface area contributed by atoms with Gasteiger partial charge in [0.05, 0.1) is 16.5 Å². The van der Waals surface area contributed by atoms with Gasteiger partial charge in [-0.15, -0.1) is 0 Å². The van der Waals surface area contributed by atoms with Crippen molar-refractivity contribution in [3.8, 4) is 22.3 Å². The van der Waals surface area contributed by atoms with Crippen molar-refractivity contribution in [1.29, 1.82) is 0 Å². The van der Waals surface area contributed by atoms with Crippen molar-refractivity contribution in [2.45, 2.75) is 19.3 Å². The Balaban J connectivity index is 1.23. The van der Waals surface area contributed by atoms with Gasteiger partial charge in [0.25, 0.3) is 0 Å². The molecule has 0 fully saturated rings. The molecule has 0 atom stereocenters. The van der Waals surface area contributed by atoms with Crippen LogP contribution in [0.15, 0.2) is 211 Å². The molecule has 9 aromatic carbocycles. The number of fused-ring (bicyclic) bond motifs is 14. The fraction of sp³-hybridized carbons (Fsp3) is 0.0526. The summed E-state index contributed by atoms with van der Waals surface area (Å²) in [6.45, 7) is 4.29. The van der Waals surface area contributed by atoms with E-state index in [9.17, 15) is 0 Å². The van der Waals surface area contributed by atoms with Crippen LogP contribution in [-0.4, -0.2) is 0 Å². The number of hydrogen-bond donors (Lipinski definition) is 0. The summed E-state index contributed by atoms with van der Waals surface area (Å²) in [7, 11) is 0. The van der Waals surface area contributed by atoms with Gasteiger partial charge in [-0.3, -0.25) is 0 Å². The number of hydrogen-bond acceptors (Lipinski definition) is 3. The van der Waals surface area contributed by atoms with Gasteiger partial charge >= 0.3 is 0 Å². The number of rotatable bonds is 6. The highest BCUT2D eigenvalue weighted by molar-refractivity contribution is 6.20. The first kappa shape index (κ1) is 34.4. The molecule has 0 bridgehead atoms. The van der Waals surface area contributed by atoms with Crippen molar-refractivity contribution in [1.82, 2.24) is 0 Å². The Bertz CT molecular complexity index is 3230. The molecule has 3 heteroatoms. The largest absolute Gasteiger partial charge is 0.455 e. The highest BCUT2D eigenvalue weighted by Gasteiger charge is 2.53. The lowest BCUT2D eigenvalue weighted by Gasteiger charge is -2.33. The molecular weight excluding hydrogens is 729 g/mol. The molecule has 10 aromatic rings. The summed E-state index contributed by atoms with van der Waals surface area (Å²) in [4.78, 5) is 4.81. The molecule has 60 heavy (non-hydrogen) atoms. The minimum atomic E-state index is -0.638. The van der Waals surface area contributed by atoms with Crippen LogP contribution < -0.4 is 9.80 Å². The third-order valence-corrected chi connectivity index (χ3v) is 12.8. The predicted octanol–water partition coefficient (Wildman–Crippen LogP) is 15.5. The third-order valence-electron chi connectivity index (χ3n) is 12.8. The fourth-order valence-electron chi connectivity index (χ4n) is 10.2. The van der Waals surface area contributed by atoms with Crippen molar-refractivity contribution in [2.24, 2.45) is 0 Å². The zero-order valence-corrected chi connectivity index (χ0v) is 33.4. The second-order valence-corrected chi connectivity index (χ2v) is 16.2. The van der Waals surface area contributed by atoms with E-state index in [1.54, 1.807) is 0 Å². The van der Waals surface area contributed by atoms with Crippen molar-refractivity contribution in [3.63, 3.8) is 0 Å². The number of benzene rings is 9. The van der Waals surface area contributed by atoms with E-state index in [0.29, 0.717) is 0 Å². The van der Waals surface area contributed by atoms with Crippen molar-refractivity contribution in [3.05, 3.63) is 240 Å². The molecule has 0 aliphatic heterocycles. The van der Waals surface area contributed by atoms with Gasteiger partial charge in [-0.25, -0.2) is 0 Å². The monoisotopic (exact) mass is 768 g/mol. The zero-order valence-electron chi connectivity index (χ0n) is 33.4. The van der Waals surface area contributed by atoms with Crippen LogP contribution in [-0.2, 0) is 5.41 Å². The lowest BCUT2D eigenvalue weighted by atomic mass is 9.70. The molecule has 0 amide bonds. The molecule has 2 aliphatic rings. The quantitative estimate of drug-likeness (QED) is 0.168. The molecule has 12 rings (SSSR count). The second kappa shape index (κ2) is 13.2. The van der Waals surface area contributed by atoms with Gasteiger partial charge in [0, 0.05) is 39.4 Å². The van der Waals surface area contributed by atoms with Crippen LogP contribution in [0.5, 0.6) is 0 Å². The molecule has 1 heterocycles. The van der Waals surface area contributed by atoms with E-state index in [1.807, 2.05) is 0 Å². The van der Waals surface area contributed by atoms with E-state index >= 15 is 0 Å². The Morgan fingerprint density at radius 1 is 0.383 bits per heavy atom. The third kappa shape index (κ3) is 4.90. The Labute approximate surface area is 350 Å². The molecule has 3 nitrogen and oxygen atoms in total. The maximum absolute atomic E-state index is 7.20. The first-order chi connectivity index (χ1) is 29.6. The van der Waals surface area contributed by atoms with Gasteiger partial charge in [0.2, 0.25) is 0 Å². The minimum absolute atomic E-state index is 0.638. The standard InChI is InChI=1S/C57H40N2O/c1-37-25-29-41(30-26-37)58(39-15-5-3-6-16-39)43-33-34-46-50(35-43)57(48-22-12-9-19-44(48)45-20-10-13-23-49(45)57)51-36-52(55-47-21-11-14-24-53(47)60-56(55)54(46)51)59(40-17-7-4-8-18-40)42-31-27-38(2)28-32-42/h3-36H,1-2H3. The van der Waals surface area contributed by atoms with Crippen molar-refractivity contribution >= 4 is 56.1 Å². The smallest absolute Gasteiger partial charge is 0.145 e. The summed E-state index contributed by atoms with van der Waals surface area (Å²) in [5.74, 6) is 0. The van der Waals surface area contributed by atoms with E-state index < -0.39 is 5.41 Å². The number of para-hydroxylation sites is 3. The van der Waals surface area contributed by atoms with E-state index in [1.165, 1.54) is 50.1 Å². The molecule has 1 aromatic heterocycles. The summed E-state index contributed by atoms with van der Waals surface area (Å²) in [6.07, 6.45) is 0. The molecule has 0 saturated heterocycles. The maximum Gasteiger partial charge on any atom is 0.145 e. The van der Waals surface area contributed by atoms with Crippen LogP contribution in [0, 0.1) is 13.8 Å². The maximum atomic E-state index is 7.20. The molecule has 0 N–H and O–H groups in total. The highest BCUT2D eigenvalue weighted by atomic mass is 16.3. The average molecular weight is 769 g/mol. The van der Waals surface area contributed by atoms with Crippen LogP contribution in [0.1, 0.15) is 33.4 Å². The molecule has 284 valence electrons. The van der Waals surface area contributed by atoms with Gasteiger partial charge in [0.1, 0.15) is 11.2 Å². The van der Waals surface area contributed by atoms with E-state index in [0.717, 1.165) is 61.6 Å². The van der Waals surface area contributed by atoms with Gasteiger partial charge in [-0.2, -0.15) is 0 Å². The first-order valence-electron chi connectivity index (χ1n) is 20.8. The lowest BCUT2D eigenvalue weighted by Crippen LogP contribution is -2.26. The summed E-state index contributed by atoms with van der Waals surface area (Å²) >= 11 is 0. The Morgan fingerprint density at radius 3 is 1.52 bits per heavy atom. The first-order valence-corrected chi connectivity index (χ1v) is 20.8. The molecule has 0 radical (unpaired) electrons. The summed E-state index contributed by atoms with van der Waals surface area (Å²) in [5.41, 5.74) is 20.1. The number of nitrogens with zero attached hydrogens (tertiary/aromatic N) is 2. The van der Waals surface area contributed by atoms with E-state index in [4.69, 9.17) is 4.42 Å². The second-order valence-electron chi connectivity index (χ2n) is 16.2. The summed E-state index contributed by atoms with van der Waals surface area (Å²) < 4.78 is 7.20. The summed E-state index contributed by atoms with van der Waals surface area (Å²) in [6, 6.07) is 75.5. The molecular formula is C57H40N2O. The Kier molecular flexibility index (Phi) is 7.58. The highest BCUT2D eigenvalue weighted by Crippen LogP contribution is 2.66. The van der Waals surface area contributed by atoms with Crippen LogP contribution in [0.25, 0.3) is 44.2 Å². The normalized spacial score (nSPS) is 13.0. The average Bonchev–Trinajstić information content (AvgIpc) is 3.93. The van der Waals surface area contributed by atoms with Gasteiger partial charge in [0.15, 0.2) is 0 Å². The zero-order chi connectivity index (χ0) is 40.0. The molecule has 0 saturated carbocycles. The van der Waals surface area contributed by atoms with Crippen molar-refractivity contribution < 1.29 is 4.42 Å². The topological polar surface area (TPSA) is 19.6 Å². The Hall–Kier alpha value is -7.62. The summed E-state index contributed by atoms with van der Waals surface area (Å²) in [5, 5.41) is 2.20. The van der Waals surface area contributed by atoms with Crippen LogP contribution in [0.4, 0.5) is 34.1 Å². The van der Waals surface area contributed by atoms with Crippen LogP contribution in [0.2, 0.25) is 0 Å². The van der Waals surface area contributed by atoms with Gasteiger partial charge in [-0.1, -0.05) is 145 Å². The lowest BCUT2D eigenvalue weighted by molar-refractivity contribution is 0.669. The minimum Gasteiger partial charge on any atom is -0.455 e. The number of furan rings is 1. The molecule has 2 aliphatic carbocycles. The number of anilines is 6. The fourth-order valence-corrected chi connectivity index (χ4v) is 10.2. The van der Waals surface area contributed by atoms with Crippen LogP contribution >= 0.6 is 0 Å². The number of aryl methyl sites for hydroxylation is 2. The van der Waals surface area contributed by atoms with Crippen LogP contribution in [0.3, 0.4) is 0 Å². The SMILES string of the molecule is Cc1ccc(N(c2ccccc2)c2ccc3c(c2)C2(c4ccccc4-c4ccccc42)c2cc(N(c4ccccc4)c4ccc(C)cc4)c4c(oc5ccccc54)c2-3)cc1.